The highest BCUT2D eigenvalue weighted by Crippen LogP contribution is 2.24. The topological polar surface area (TPSA) is 74.6 Å². The number of benzene rings is 2. The summed E-state index contributed by atoms with van der Waals surface area (Å²) in [5, 5.41) is 15.8. The lowest BCUT2D eigenvalue weighted by atomic mass is 10.1. The van der Waals surface area contributed by atoms with E-state index in [1.165, 1.54) is 11.3 Å². The molecular weight excluding hydrogens is 437 g/mol. The van der Waals surface area contributed by atoms with Gasteiger partial charge in [0, 0.05) is 14.5 Å². The van der Waals surface area contributed by atoms with E-state index in [1.54, 1.807) is 18.3 Å². The van der Waals surface area contributed by atoms with Crippen LogP contribution in [-0.4, -0.2) is 22.3 Å². The number of halogens is 1. The van der Waals surface area contributed by atoms with E-state index in [-0.39, 0.29) is 5.56 Å². The summed E-state index contributed by atoms with van der Waals surface area (Å²) in [6, 6.07) is 15.0. The average Bonchev–Trinajstić information content (AvgIpc) is 3.04. The van der Waals surface area contributed by atoms with Gasteiger partial charge >= 0.3 is 5.97 Å². The molecule has 0 atom stereocenters. The minimum Gasteiger partial charge on any atom is -0.478 e. The summed E-state index contributed by atoms with van der Waals surface area (Å²) in [4.78, 5) is 15.5. The zero-order valence-electron chi connectivity index (χ0n) is 12.3. The quantitative estimate of drug-likeness (QED) is 0.340. The fourth-order valence-corrected chi connectivity index (χ4v) is 3.40. The smallest absolute Gasteiger partial charge is 0.335 e. The van der Waals surface area contributed by atoms with Gasteiger partial charge in [0.1, 0.15) is 0 Å². The highest BCUT2D eigenvalue weighted by atomic mass is 127. The molecule has 2 N–H and O–H groups in total. The maximum absolute atomic E-state index is 11.1. The summed E-state index contributed by atoms with van der Waals surface area (Å²) in [5.74, 6) is -0.955. The Kier molecular flexibility index (Phi) is 5.21. The number of aromatic carboxylic acids is 1. The molecule has 0 aliphatic carbocycles. The van der Waals surface area contributed by atoms with E-state index in [2.05, 4.69) is 38.1 Å². The summed E-state index contributed by atoms with van der Waals surface area (Å²) in [6.45, 7) is 0. The standard InChI is InChI=1S/C17H12IN3O2S/c18-14-7-11(6-13(8-14)16(22)23)9-19-21-17-20-15(10-24-17)12-4-2-1-3-5-12/h1-10H,(H,20,21)(H,22,23). The van der Waals surface area contributed by atoms with Crippen LogP contribution in [0.5, 0.6) is 0 Å². The van der Waals surface area contributed by atoms with Gasteiger partial charge in [0.05, 0.1) is 17.5 Å². The molecule has 7 heteroatoms. The predicted octanol–water partition coefficient (Wildman–Crippen LogP) is 4.56. The van der Waals surface area contributed by atoms with Gasteiger partial charge in [-0.05, 0) is 46.4 Å². The van der Waals surface area contributed by atoms with Crippen molar-refractivity contribution in [3.63, 3.8) is 0 Å². The SMILES string of the molecule is O=C(O)c1cc(I)cc(C=NNc2nc(-c3ccccc3)cs2)c1. The molecule has 0 aliphatic rings. The fourth-order valence-electron chi connectivity index (χ4n) is 2.04. The fraction of sp³-hybridized carbons (Fsp3) is 0. The number of thiazole rings is 1. The van der Waals surface area contributed by atoms with E-state index in [9.17, 15) is 4.79 Å². The second-order valence-electron chi connectivity index (χ2n) is 4.85. The summed E-state index contributed by atoms with van der Waals surface area (Å²) < 4.78 is 0.842. The molecule has 1 aromatic heterocycles. The molecule has 0 spiro atoms. The van der Waals surface area contributed by atoms with Crippen LogP contribution in [-0.2, 0) is 0 Å². The number of nitrogens with one attached hydrogen (secondary N) is 1. The minimum atomic E-state index is -0.955. The third kappa shape index (κ3) is 4.18. The Morgan fingerprint density at radius 3 is 2.79 bits per heavy atom. The number of hydrogen-bond acceptors (Lipinski definition) is 5. The zero-order valence-corrected chi connectivity index (χ0v) is 15.3. The lowest BCUT2D eigenvalue weighted by molar-refractivity contribution is 0.0697. The second kappa shape index (κ2) is 7.54. The van der Waals surface area contributed by atoms with E-state index in [0.717, 1.165) is 14.8 Å². The molecule has 0 unspecified atom stereocenters. The van der Waals surface area contributed by atoms with Crippen LogP contribution in [0.15, 0.2) is 59.0 Å². The lowest BCUT2D eigenvalue weighted by Crippen LogP contribution is -1.99. The molecule has 0 radical (unpaired) electrons. The molecule has 0 saturated carbocycles. The number of hydrogen-bond donors (Lipinski definition) is 2. The van der Waals surface area contributed by atoms with Gasteiger partial charge in [-0.2, -0.15) is 5.10 Å². The van der Waals surface area contributed by atoms with Crippen LogP contribution in [0.25, 0.3) is 11.3 Å². The number of hydrazone groups is 1. The first-order chi connectivity index (χ1) is 11.6. The lowest BCUT2D eigenvalue weighted by Gasteiger charge is -1.99. The number of carbonyl (C=O) groups is 1. The van der Waals surface area contributed by atoms with Crippen LogP contribution >= 0.6 is 33.9 Å². The van der Waals surface area contributed by atoms with Crippen LogP contribution in [0.2, 0.25) is 0 Å². The number of aromatic nitrogens is 1. The van der Waals surface area contributed by atoms with Crippen LogP contribution in [0.1, 0.15) is 15.9 Å². The van der Waals surface area contributed by atoms with E-state index >= 15 is 0 Å². The van der Waals surface area contributed by atoms with Crippen molar-refractivity contribution in [2.75, 3.05) is 5.43 Å². The van der Waals surface area contributed by atoms with E-state index in [1.807, 2.05) is 41.8 Å². The highest BCUT2D eigenvalue weighted by molar-refractivity contribution is 14.1. The van der Waals surface area contributed by atoms with Crippen LogP contribution in [0, 0.1) is 3.57 Å². The summed E-state index contributed by atoms with van der Waals surface area (Å²) in [7, 11) is 0. The van der Waals surface area contributed by atoms with Crippen molar-refractivity contribution in [2.24, 2.45) is 5.10 Å². The Labute approximate surface area is 156 Å². The maximum atomic E-state index is 11.1. The van der Waals surface area contributed by atoms with Gasteiger partial charge in [-0.3, -0.25) is 5.43 Å². The first-order valence-corrected chi connectivity index (χ1v) is 8.91. The number of nitrogens with zero attached hydrogens (tertiary/aromatic N) is 2. The van der Waals surface area contributed by atoms with Crippen LogP contribution in [0.4, 0.5) is 5.13 Å². The van der Waals surface area contributed by atoms with Gasteiger partial charge in [0.25, 0.3) is 0 Å². The molecule has 5 nitrogen and oxygen atoms in total. The molecule has 0 saturated heterocycles. The molecular formula is C17H12IN3O2S. The monoisotopic (exact) mass is 449 g/mol. The number of anilines is 1. The Morgan fingerprint density at radius 2 is 2.04 bits per heavy atom. The van der Waals surface area contributed by atoms with Crippen molar-refractivity contribution >= 4 is 51.2 Å². The molecule has 0 fully saturated rings. The van der Waals surface area contributed by atoms with Crippen molar-refractivity contribution in [2.45, 2.75) is 0 Å². The average molecular weight is 449 g/mol. The minimum absolute atomic E-state index is 0.240. The summed E-state index contributed by atoms with van der Waals surface area (Å²) in [6.07, 6.45) is 1.58. The Morgan fingerprint density at radius 1 is 1.25 bits per heavy atom. The van der Waals surface area contributed by atoms with E-state index in [4.69, 9.17) is 5.11 Å². The Bertz CT molecular complexity index is 894. The normalized spacial score (nSPS) is 10.9. The van der Waals surface area contributed by atoms with Gasteiger partial charge in [-0.1, -0.05) is 30.3 Å². The van der Waals surface area contributed by atoms with Gasteiger partial charge in [0.2, 0.25) is 5.13 Å². The Balaban J connectivity index is 1.71. The maximum Gasteiger partial charge on any atom is 0.335 e. The van der Waals surface area contributed by atoms with Crippen molar-refractivity contribution in [3.8, 4) is 11.3 Å². The van der Waals surface area contributed by atoms with Gasteiger partial charge in [-0.25, -0.2) is 9.78 Å². The third-order valence-corrected chi connectivity index (χ3v) is 4.48. The molecule has 24 heavy (non-hydrogen) atoms. The molecule has 2 aromatic carbocycles. The number of carboxylic acid groups (broad SMARTS) is 1. The largest absolute Gasteiger partial charge is 0.478 e. The predicted molar refractivity (Wildman–Crippen MR) is 105 cm³/mol. The summed E-state index contributed by atoms with van der Waals surface area (Å²) in [5.41, 5.74) is 5.77. The van der Waals surface area contributed by atoms with Crippen molar-refractivity contribution in [1.82, 2.24) is 4.98 Å². The molecule has 3 rings (SSSR count). The number of carboxylic acids is 1. The van der Waals surface area contributed by atoms with Crippen molar-refractivity contribution < 1.29 is 9.90 Å². The Hall–Kier alpha value is -2.26. The molecule has 120 valence electrons. The molecule has 0 amide bonds. The van der Waals surface area contributed by atoms with Gasteiger partial charge in [0.15, 0.2) is 0 Å². The molecule has 0 aliphatic heterocycles. The molecule has 0 bridgehead atoms. The first-order valence-electron chi connectivity index (χ1n) is 6.96. The molecule has 1 heterocycles. The van der Waals surface area contributed by atoms with Crippen LogP contribution in [0.3, 0.4) is 0 Å². The second-order valence-corrected chi connectivity index (χ2v) is 6.96. The van der Waals surface area contributed by atoms with Gasteiger partial charge < -0.3 is 5.11 Å². The van der Waals surface area contributed by atoms with E-state index < -0.39 is 5.97 Å². The van der Waals surface area contributed by atoms with Crippen LogP contribution < -0.4 is 5.43 Å². The third-order valence-electron chi connectivity index (χ3n) is 3.11. The van der Waals surface area contributed by atoms with Crippen molar-refractivity contribution in [3.05, 3.63) is 68.6 Å². The zero-order chi connectivity index (χ0) is 16.9. The van der Waals surface area contributed by atoms with E-state index in [0.29, 0.717) is 10.7 Å². The van der Waals surface area contributed by atoms with Crippen molar-refractivity contribution in [1.29, 1.82) is 0 Å². The summed E-state index contributed by atoms with van der Waals surface area (Å²) >= 11 is 3.54. The highest BCUT2D eigenvalue weighted by Gasteiger charge is 2.05. The first kappa shape index (κ1) is 16.6. The van der Waals surface area contributed by atoms with Gasteiger partial charge in [-0.15, -0.1) is 11.3 Å². The molecule has 3 aromatic rings. The number of rotatable bonds is 5.